The van der Waals surface area contributed by atoms with Gasteiger partial charge in [-0.05, 0) is 59.6 Å². The van der Waals surface area contributed by atoms with Gasteiger partial charge in [0.25, 0.3) is 0 Å². The van der Waals surface area contributed by atoms with Crippen LogP contribution in [0.5, 0.6) is 0 Å². The molecule has 2 atom stereocenters. The number of likely N-dealkylation sites (tertiary alicyclic amines) is 1. The summed E-state index contributed by atoms with van der Waals surface area (Å²) in [5.74, 6) is 0.632. The topological polar surface area (TPSA) is 32.5 Å². The molecule has 0 amide bonds. The number of nitrogens with two attached hydrogens (primary N) is 1. The van der Waals surface area contributed by atoms with Gasteiger partial charge in [0.1, 0.15) is 0 Å². The molecule has 0 aliphatic carbocycles. The first-order valence-corrected chi connectivity index (χ1v) is 7.19. The lowest BCUT2D eigenvalue weighted by atomic mass is 9.99. The summed E-state index contributed by atoms with van der Waals surface area (Å²) < 4.78 is 1.16. The Bertz CT molecular complexity index is 420. The highest BCUT2D eigenvalue weighted by Gasteiger charge is 2.29. The van der Waals surface area contributed by atoms with Crippen molar-refractivity contribution in [3.63, 3.8) is 0 Å². The number of hydrogen-bond donors (Lipinski definition) is 1. The maximum absolute atomic E-state index is 5.79. The number of nitrogens with zero attached hydrogens (tertiary/aromatic N) is 2. The molecule has 0 spiro atoms. The number of benzene rings is 1. The molecular weight excluding hydrogens is 290 g/mol. The van der Waals surface area contributed by atoms with Gasteiger partial charge in [0.05, 0.1) is 5.69 Å². The molecule has 0 bridgehead atoms. The number of rotatable bonds is 3. The molecule has 2 rings (SSSR count). The van der Waals surface area contributed by atoms with E-state index in [1.165, 1.54) is 17.7 Å². The van der Waals surface area contributed by atoms with Crippen LogP contribution >= 0.6 is 15.9 Å². The Morgan fingerprint density at radius 1 is 1.44 bits per heavy atom. The van der Waals surface area contributed by atoms with Crippen LogP contribution in [0.2, 0.25) is 0 Å². The van der Waals surface area contributed by atoms with Gasteiger partial charge in [-0.15, -0.1) is 0 Å². The van der Waals surface area contributed by atoms with Gasteiger partial charge in [-0.3, -0.25) is 4.90 Å². The van der Waals surface area contributed by atoms with E-state index in [1.54, 1.807) is 0 Å². The quantitative estimate of drug-likeness (QED) is 0.930. The molecule has 2 unspecified atom stereocenters. The zero-order valence-corrected chi connectivity index (χ0v) is 12.9. The van der Waals surface area contributed by atoms with Crippen molar-refractivity contribution in [2.45, 2.75) is 12.5 Å². The molecule has 1 aromatic rings. The van der Waals surface area contributed by atoms with Crippen molar-refractivity contribution in [3.8, 4) is 0 Å². The molecule has 1 aliphatic heterocycles. The first kappa shape index (κ1) is 13.8. The molecule has 4 heteroatoms. The summed E-state index contributed by atoms with van der Waals surface area (Å²) >= 11 is 3.66. The van der Waals surface area contributed by atoms with E-state index in [2.05, 4.69) is 65.1 Å². The highest BCUT2D eigenvalue weighted by atomic mass is 79.9. The SMILES string of the molecule is CN(C)c1ccc(C2CC(CN)CN2C)cc1Br. The predicted octanol–water partition coefficient (Wildman–Crippen LogP) is 2.47. The van der Waals surface area contributed by atoms with Gasteiger partial charge >= 0.3 is 0 Å². The van der Waals surface area contributed by atoms with Crippen molar-refractivity contribution in [1.29, 1.82) is 0 Å². The van der Waals surface area contributed by atoms with Crippen molar-refractivity contribution >= 4 is 21.6 Å². The monoisotopic (exact) mass is 311 g/mol. The lowest BCUT2D eigenvalue weighted by Crippen LogP contribution is -2.20. The minimum absolute atomic E-state index is 0.506. The minimum atomic E-state index is 0.506. The van der Waals surface area contributed by atoms with E-state index in [0.717, 1.165) is 17.6 Å². The maximum atomic E-state index is 5.79. The predicted molar refractivity (Wildman–Crippen MR) is 81.0 cm³/mol. The number of hydrogen-bond acceptors (Lipinski definition) is 3. The average molecular weight is 312 g/mol. The zero-order chi connectivity index (χ0) is 13.3. The van der Waals surface area contributed by atoms with Gasteiger partial charge in [0.2, 0.25) is 0 Å². The van der Waals surface area contributed by atoms with Crippen LogP contribution in [0.15, 0.2) is 22.7 Å². The Morgan fingerprint density at radius 2 is 2.17 bits per heavy atom. The molecule has 1 saturated heterocycles. The highest BCUT2D eigenvalue weighted by Crippen LogP contribution is 2.36. The van der Waals surface area contributed by atoms with E-state index < -0.39 is 0 Å². The fourth-order valence-corrected chi connectivity index (χ4v) is 3.51. The fraction of sp³-hybridized carbons (Fsp3) is 0.571. The molecule has 18 heavy (non-hydrogen) atoms. The van der Waals surface area contributed by atoms with E-state index in [1.807, 2.05) is 0 Å². The van der Waals surface area contributed by atoms with Crippen LogP contribution < -0.4 is 10.6 Å². The molecule has 1 fully saturated rings. The van der Waals surface area contributed by atoms with Crippen LogP contribution in [-0.2, 0) is 0 Å². The van der Waals surface area contributed by atoms with E-state index >= 15 is 0 Å². The van der Waals surface area contributed by atoms with Gasteiger partial charge < -0.3 is 10.6 Å². The maximum Gasteiger partial charge on any atom is 0.0505 e. The van der Waals surface area contributed by atoms with Crippen molar-refractivity contribution in [1.82, 2.24) is 4.90 Å². The third-order valence-electron chi connectivity index (χ3n) is 3.81. The van der Waals surface area contributed by atoms with Crippen molar-refractivity contribution in [2.24, 2.45) is 11.7 Å². The van der Waals surface area contributed by atoms with Gasteiger partial charge in [0, 0.05) is 31.2 Å². The van der Waals surface area contributed by atoms with E-state index in [-0.39, 0.29) is 0 Å². The Morgan fingerprint density at radius 3 is 2.67 bits per heavy atom. The largest absolute Gasteiger partial charge is 0.377 e. The van der Waals surface area contributed by atoms with E-state index in [0.29, 0.717) is 12.0 Å². The Kier molecular flexibility index (Phi) is 4.30. The van der Waals surface area contributed by atoms with Crippen LogP contribution in [0.1, 0.15) is 18.0 Å². The zero-order valence-electron chi connectivity index (χ0n) is 11.4. The van der Waals surface area contributed by atoms with Crippen molar-refractivity contribution in [3.05, 3.63) is 28.2 Å². The second-order valence-electron chi connectivity index (χ2n) is 5.40. The van der Waals surface area contributed by atoms with E-state index in [9.17, 15) is 0 Å². The minimum Gasteiger partial charge on any atom is -0.377 e. The van der Waals surface area contributed by atoms with Gasteiger partial charge in [-0.2, -0.15) is 0 Å². The molecule has 0 aromatic heterocycles. The molecular formula is C14H22BrN3. The fourth-order valence-electron chi connectivity index (χ4n) is 2.76. The van der Waals surface area contributed by atoms with Crippen molar-refractivity contribution < 1.29 is 0 Å². The van der Waals surface area contributed by atoms with Gasteiger partial charge in [-0.25, -0.2) is 0 Å². The molecule has 3 nitrogen and oxygen atoms in total. The first-order chi connectivity index (χ1) is 8.52. The Hall–Kier alpha value is -0.580. The third-order valence-corrected chi connectivity index (χ3v) is 4.44. The normalized spacial score (nSPS) is 24.5. The van der Waals surface area contributed by atoms with Crippen molar-refractivity contribution in [2.75, 3.05) is 39.1 Å². The summed E-state index contributed by atoms with van der Waals surface area (Å²) in [5.41, 5.74) is 8.39. The summed E-state index contributed by atoms with van der Waals surface area (Å²) in [6, 6.07) is 7.17. The first-order valence-electron chi connectivity index (χ1n) is 6.40. The molecule has 2 N–H and O–H groups in total. The van der Waals surface area contributed by atoms with Crippen LogP contribution in [0.25, 0.3) is 0 Å². The highest BCUT2D eigenvalue weighted by molar-refractivity contribution is 9.10. The Labute approximate surface area is 118 Å². The summed E-state index contributed by atoms with van der Waals surface area (Å²) in [4.78, 5) is 4.53. The van der Waals surface area contributed by atoms with Gasteiger partial charge in [-0.1, -0.05) is 6.07 Å². The standard InChI is InChI=1S/C14H22BrN3/c1-17(2)13-5-4-11(7-12(13)15)14-6-10(8-16)9-18(14)3/h4-5,7,10,14H,6,8-9,16H2,1-3H3. The van der Waals surface area contributed by atoms with Gasteiger partial charge in [0.15, 0.2) is 0 Å². The lowest BCUT2D eigenvalue weighted by Gasteiger charge is -2.22. The molecule has 1 heterocycles. The molecule has 0 saturated carbocycles. The average Bonchev–Trinajstić information content (AvgIpc) is 2.70. The molecule has 1 aliphatic rings. The number of halogens is 1. The second-order valence-corrected chi connectivity index (χ2v) is 6.25. The summed E-state index contributed by atoms with van der Waals surface area (Å²) in [6.07, 6.45) is 1.17. The summed E-state index contributed by atoms with van der Waals surface area (Å²) in [6.45, 7) is 1.89. The van der Waals surface area contributed by atoms with Crippen LogP contribution in [-0.4, -0.2) is 39.1 Å². The third kappa shape index (κ3) is 2.71. The number of anilines is 1. The Balaban J connectivity index is 2.22. The molecule has 0 radical (unpaired) electrons. The van der Waals surface area contributed by atoms with E-state index in [4.69, 9.17) is 5.73 Å². The smallest absolute Gasteiger partial charge is 0.0505 e. The van der Waals surface area contributed by atoms with Crippen LogP contribution in [0, 0.1) is 5.92 Å². The summed E-state index contributed by atoms with van der Waals surface area (Å²) in [7, 11) is 6.31. The molecule has 1 aromatic carbocycles. The second kappa shape index (κ2) is 5.59. The van der Waals surface area contributed by atoms with Crippen LogP contribution in [0.3, 0.4) is 0 Å². The molecule has 100 valence electrons. The summed E-state index contributed by atoms with van der Waals surface area (Å²) in [5, 5.41) is 0. The lowest BCUT2D eigenvalue weighted by molar-refractivity contribution is 0.313. The van der Waals surface area contributed by atoms with Crippen LogP contribution in [0.4, 0.5) is 5.69 Å².